The van der Waals surface area contributed by atoms with Gasteiger partial charge in [0.05, 0.1) is 11.7 Å². The number of hydrogen-bond donors (Lipinski definition) is 2. The summed E-state index contributed by atoms with van der Waals surface area (Å²) in [5.74, 6) is -0.964. The Bertz CT molecular complexity index is 511. The first kappa shape index (κ1) is 11.7. The van der Waals surface area contributed by atoms with Gasteiger partial charge in [0, 0.05) is 18.8 Å². The second kappa shape index (κ2) is 4.63. The van der Waals surface area contributed by atoms with Crippen molar-refractivity contribution in [2.24, 2.45) is 0 Å². The van der Waals surface area contributed by atoms with Crippen LogP contribution in [0.5, 0.6) is 0 Å². The molecule has 0 saturated carbocycles. The number of aryl methyl sites for hydroxylation is 1. The van der Waals surface area contributed by atoms with Crippen LogP contribution < -0.4 is 0 Å². The molecule has 17 heavy (non-hydrogen) atoms. The van der Waals surface area contributed by atoms with Crippen molar-refractivity contribution in [1.82, 2.24) is 9.97 Å². The standard InChI is InChI=1S/C12H12F2N2O/c1-7-2-3-8(13)11(12(7)14)9(17)6-10-15-4-5-16-10/h2-5,9,17H,6H2,1H3,(H,15,16). The summed E-state index contributed by atoms with van der Waals surface area (Å²) in [6.45, 7) is 1.53. The monoisotopic (exact) mass is 238 g/mol. The fourth-order valence-electron chi connectivity index (χ4n) is 1.68. The molecule has 2 aromatic rings. The Hall–Kier alpha value is -1.75. The van der Waals surface area contributed by atoms with Crippen LogP contribution in [0, 0.1) is 18.6 Å². The normalized spacial score (nSPS) is 12.7. The number of aliphatic hydroxyl groups excluding tert-OH is 1. The van der Waals surface area contributed by atoms with Crippen LogP contribution in [-0.2, 0) is 6.42 Å². The second-order valence-electron chi connectivity index (χ2n) is 3.85. The Morgan fingerprint density at radius 1 is 1.41 bits per heavy atom. The first-order valence-corrected chi connectivity index (χ1v) is 5.20. The number of halogens is 2. The molecule has 1 aromatic heterocycles. The zero-order chi connectivity index (χ0) is 12.4. The maximum atomic E-state index is 13.7. The Balaban J connectivity index is 2.30. The molecule has 0 aliphatic heterocycles. The van der Waals surface area contributed by atoms with Gasteiger partial charge in [-0.3, -0.25) is 0 Å². The first-order valence-electron chi connectivity index (χ1n) is 5.20. The van der Waals surface area contributed by atoms with Gasteiger partial charge >= 0.3 is 0 Å². The Kier molecular flexibility index (Phi) is 3.19. The average Bonchev–Trinajstić information content (AvgIpc) is 2.77. The lowest BCUT2D eigenvalue weighted by atomic mass is 10.0. The van der Waals surface area contributed by atoms with Crippen LogP contribution in [0.15, 0.2) is 24.5 Å². The molecule has 0 fully saturated rings. The third-order valence-corrected chi connectivity index (χ3v) is 2.59. The van der Waals surface area contributed by atoms with E-state index in [0.29, 0.717) is 11.4 Å². The molecule has 0 amide bonds. The molecule has 1 aromatic carbocycles. The number of aliphatic hydroxyl groups is 1. The van der Waals surface area contributed by atoms with Gasteiger partial charge in [0.15, 0.2) is 0 Å². The van der Waals surface area contributed by atoms with Gasteiger partial charge in [0.25, 0.3) is 0 Å². The van der Waals surface area contributed by atoms with E-state index in [0.717, 1.165) is 6.07 Å². The van der Waals surface area contributed by atoms with E-state index in [-0.39, 0.29) is 12.0 Å². The number of nitrogens with one attached hydrogen (secondary N) is 1. The number of benzene rings is 1. The summed E-state index contributed by atoms with van der Waals surface area (Å²) in [5.41, 5.74) is 0.00120. The summed E-state index contributed by atoms with van der Waals surface area (Å²) < 4.78 is 27.2. The van der Waals surface area contributed by atoms with Gasteiger partial charge in [-0.05, 0) is 18.6 Å². The minimum atomic E-state index is -1.25. The minimum absolute atomic E-state index is 0.0459. The van der Waals surface area contributed by atoms with E-state index in [1.54, 1.807) is 6.20 Å². The van der Waals surface area contributed by atoms with Crippen LogP contribution in [-0.4, -0.2) is 15.1 Å². The second-order valence-corrected chi connectivity index (χ2v) is 3.85. The van der Waals surface area contributed by atoms with Crippen molar-refractivity contribution >= 4 is 0 Å². The van der Waals surface area contributed by atoms with E-state index >= 15 is 0 Å². The molecule has 0 aliphatic carbocycles. The zero-order valence-corrected chi connectivity index (χ0v) is 9.24. The summed E-state index contributed by atoms with van der Waals surface area (Å²) in [6.07, 6.45) is 1.90. The molecule has 1 atom stereocenters. The highest BCUT2D eigenvalue weighted by Gasteiger charge is 2.20. The van der Waals surface area contributed by atoms with Crippen LogP contribution in [0.3, 0.4) is 0 Å². The molecule has 0 bridgehead atoms. The van der Waals surface area contributed by atoms with E-state index in [9.17, 15) is 13.9 Å². The molecule has 90 valence electrons. The molecule has 5 heteroatoms. The van der Waals surface area contributed by atoms with Gasteiger partial charge in [0.1, 0.15) is 17.5 Å². The van der Waals surface area contributed by atoms with Gasteiger partial charge in [0.2, 0.25) is 0 Å². The predicted octanol–water partition coefficient (Wildman–Crippen LogP) is 2.27. The topological polar surface area (TPSA) is 48.9 Å². The Morgan fingerprint density at radius 3 is 2.82 bits per heavy atom. The molecule has 0 spiro atoms. The molecule has 1 heterocycles. The molecule has 0 radical (unpaired) electrons. The summed E-state index contributed by atoms with van der Waals surface area (Å²) in [6, 6.07) is 2.49. The van der Waals surface area contributed by atoms with Crippen molar-refractivity contribution in [2.45, 2.75) is 19.4 Å². The van der Waals surface area contributed by atoms with Crippen molar-refractivity contribution < 1.29 is 13.9 Å². The number of H-pyrrole nitrogens is 1. The minimum Gasteiger partial charge on any atom is -0.388 e. The Labute approximate surface area is 97.1 Å². The average molecular weight is 238 g/mol. The summed E-state index contributed by atoms with van der Waals surface area (Å²) >= 11 is 0. The third kappa shape index (κ3) is 2.34. The SMILES string of the molecule is Cc1ccc(F)c(C(O)Cc2ncc[nH]2)c1F. The quantitative estimate of drug-likeness (QED) is 0.861. The first-order chi connectivity index (χ1) is 8.09. The molecule has 3 nitrogen and oxygen atoms in total. The Morgan fingerprint density at radius 2 is 2.18 bits per heavy atom. The molecule has 2 rings (SSSR count). The molecule has 0 saturated heterocycles. The van der Waals surface area contributed by atoms with E-state index in [1.165, 1.54) is 19.2 Å². The number of imidazole rings is 1. The van der Waals surface area contributed by atoms with Gasteiger partial charge in [-0.25, -0.2) is 13.8 Å². The molecule has 1 unspecified atom stereocenters. The fraction of sp³-hybridized carbons (Fsp3) is 0.250. The van der Waals surface area contributed by atoms with E-state index in [2.05, 4.69) is 9.97 Å². The van der Waals surface area contributed by atoms with Crippen molar-refractivity contribution in [3.8, 4) is 0 Å². The van der Waals surface area contributed by atoms with Gasteiger partial charge in [-0.2, -0.15) is 0 Å². The van der Waals surface area contributed by atoms with Crippen LogP contribution in [0.1, 0.15) is 23.1 Å². The third-order valence-electron chi connectivity index (χ3n) is 2.59. The largest absolute Gasteiger partial charge is 0.388 e. The molecular weight excluding hydrogens is 226 g/mol. The van der Waals surface area contributed by atoms with Gasteiger partial charge in [-0.1, -0.05) is 6.07 Å². The number of aromatic amines is 1. The lowest BCUT2D eigenvalue weighted by Gasteiger charge is -2.13. The maximum Gasteiger partial charge on any atom is 0.134 e. The van der Waals surface area contributed by atoms with E-state index in [4.69, 9.17) is 0 Å². The van der Waals surface area contributed by atoms with Crippen LogP contribution in [0.2, 0.25) is 0 Å². The summed E-state index contributed by atoms with van der Waals surface area (Å²) in [4.78, 5) is 6.68. The van der Waals surface area contributed by atoms with Gasteiger partial charge in [-0.15, -0.1) is 0 Å². The van der Waals surface area contributed by atoms with E-state index < -0.39 is 17.7 Å². The van der Waals surface area contributed by atoms with Crippen LogP contribution in [0.25, 0.3) is 0 Å². The van der Waals surface area contributed by atoms with Crippen molar-refractivity contribution in [3.05, 3.63) is 53.1 Å². The molecular formula is C12H12F2N2O. The lowest BCUT2D eigenvalue weighted by Crippen LogP contribution is -2.09. The lowest BCUT2D eigenvalue weighted by molar-refractivity contribution is 0.166. The number of rotatable bonds is 3. The zero-order valence-electron chi connectivity index (χ0n) is 9.24. The fourth-order valence-corrected chi connectivity index (χ4v) is 1.68. The number of nitrogens with zero attached hydrogens (tertiary/aromatic N) is 1. The maximum absolute atomic E-state index is 13.7. The smallest absolute Gasteiger partial charge is 0.134 e. The van der Waals surface area contributed by atoms with Crippen LogP contribution >= 0.6 is 0 Å². The van der Waals surface area contributed by atoms with Crippen molar-refractivity contribution in [2.75, 3.05) is 0 Å². The predicted molar refractivity (Wildman–Crippen MR) is 58.3 cm³/mol. The summed E-state index contributed by atoms with van der Waals surface area (Å²) in [5, 5.41) is 9.84. The van der Waals surface area contributed by atoms with E-state index in [1.807, 2.05) is 0 Å². The molecule has 0 aliphatic rings. The highest BCUT2D eigenvalue weighted by atomic mass is 19.1. The summed E-state index contributed by atoms with van der Waals surface area (Å²) in [7, 11) is 0. The van der Waals surface area contributed by atoms with Crippen molar-refractivity contribution in [3.63, 3.8) is 0 Å². The van der Waals surface area contributed by atoms with Gasteiger partial charge < -0.3 is 10.1 Å². The number of hydrogen-bond acceptors (Lipinski definition) is 2. The van der Waals surface area contributed by atoms with Crippen LogP contribution in [0.4, 0.5) is 8.78 Å². The highest BCUT2D eigenvalue weighted by molar-refractivity contribution is 5.28. The number of aromatic nitrogens is 2. The highest BCUT2D eigenvalue weighted by Crippen LogP contribution is 2.25. The molecule has 2 N–H and O–H groups in total. The van der Waals surface area contributed by atoms with Crippen molar-refractivity contribution in [1.29, 1.82) is 0 Å².